The highest BCUT2D eigenvalue weighted by Crippen LogP contribution is 2.33. The highest BCUT2D eigenvalue weighted by atomic mass is 16.5. The van der Waals surface area contributed by atoms with E-state index in [1.807, 2.05) is 6.07 Å². The minimum atomic E-state index is -0.250. The van der Waals surface area contributed by atoms with E-state index in [1.165, 1.54) is 11.1 Å². The number of rotatable bonds is 7. The molecule has 2 atom stereocenters. The standard InChI is InChI=1S/C17H27NO2/c1-4-12(5-2)17(19)11-18-16-9-7-13-6-8-14(20-3)10-15(13)16/h6,8,10,12,16-19H,4-5,7,9,11H2,1-3H3. The summed E-state index contributed by atoms with van der Waals surface area (Å²) in [6, 6.07) is 6.67. The third kappa shape index (κ3) is 3.33. The summed E-state index contributed by atoms with van der Waals surface area (Å²) < 4.78 is 5.31. The summed E-state index contributed by atoms with van der Waals surface area (Å²) in [5.41, 5.74) is 2.74. The third-order valence-corrected chi connectivity index (χ3v) is 4.60. The fourth-order valence-corrected chi connectivity index (χ4v) is 3.18. The molecule has 2 rings (SSSR count). The van der Waals surface area contributed by atoms with E-state index in [0.717, 1.165) is 31.4 Å². The summed E-state index contributed by atoms with van der Waals surface area (Å²) in [6.07, 6.45) is 4.04. The molecule has 0 radical (unpaired) electrons. The molecule has 0 bridgehead atoms. The minimum Gasteiger partial charge on any atom is -0.497 e. The van der Waals surface area contributed by atoms with Crippen LogP contribution in [0, 0.1) is 5.92 Å². The van der Waals surface area contributed by atoms with Gasteiger partial charge in [0, 0.05) is 12.6 Å². The van der Waals surface area contributed by atoms with Crippen molar-refractivity contribution in [2.45, 2.75) is 51.7 Å². The second-order valence-electron chi connectivity index (χ2n) is 5.71. The van der Waals surface area contributed by atoms with E-state index in [2.05, 4.69) is 31.3 Å². The van der Waals surface area contributed by atoms with Crippen molar-refractivity contribution in [3.63, 3.8) is 0 Å². The number of aliphatic hydroxyl groups is 1. The van der Waals surface area contributed by atoms with Gasteiger partial charge in [0.05, 0.1) is 13.2 Å². The quantitative estimate of drug-likeness (QED) is 0.805. The second kappa shape index (κ2) is 7.09. The summed E-state index contributed by atoms with van der Waals surface area (Å²) in [5, 5.41) is 13.8. The van der Waals surface area contributed by atoms with Gasteiger partial charge in [-0.05, 0) is 42.0 Å². The number of fused-ring (bicyclic) bond motifs is 1. The van der Waals surface area contributed by atoms with Crippen molar-refractivity contribution in [3.8, 4) is 5.75 Å². The van der Waals surface area contributed by atoms with Gasteiger partial charge < -0.3 is 15.2 Å². The Balaban J connectivity index is 1.96. The number of hydrogen-bond donors (Lipinski definition) is 2. The third-order valence-electron chi connectivity index (χ3n) is 4.60. The first-order valence-electron chi connectivity index (χ1n) is 7.77. The molecule has 0 fully saturated rings. The summed E-state index contributed by atoms with van der Waals surface area (Å²) in [4.78, 5) is 0. The smallest absolute Gasteiger partial charge is 0.119 e. The molecule has 0 amide bonds. The highest BCUT2D eigenvalue weighted by Gasteiger charge is 2.24. The van der Waals surface area contributed by atoms with Crippen molar-refractivity contribution in [2.75, 3.05) is 13.7 Å². The maximum atomic E-state index is 10.2. The van der Waals surface area contributed by atoms with Gasteiger partial charge in [0.25, 0.3) is 0 Å². The number of ether oxygens (including phenoxy) is 1. The van der Waals surface area contributed by atoms with E-state index in [0.29, 0.717) is 18.5 Å². The van der Waals surface area contributed by atoms with Crippen LogP contribution in [0.3, 0.4) is 0 Å². The topological polar surface area (TPSA) is 41.5 Å². The SMILES string of the molecule is CCC(CC)C(O)CNC1CCc2ccc(OC)cc21. The molecule has 1 aliphatic carbocycles. The Kier molecular flexibility index (Phi) is 5.44. The van der Waals surface area contributed by atoms with Gasteiger partial charge >= 0.3 is 0 Å². The Labute approximate surface area is 122 Å². The monoisotopic (exact) mass is 277 g/mol. The largest absolute Gasteiger partial charge is 0.497 e. The Morgan fingerprint density at radius 1 is 1.35 bits per heavy atom. The van der Waals surface area contributed by atoms with Crippen LogP contribution in [0.4, 0.5) is 0 Å². The van der Waals surface area contributed by atoms with E-state index in [1.54, 1.807) is 7.11 Å². The van der Waals surface area contributed by atoms with Crippen LogP contribution in [0.1, 0.15) is 50.3 Å². The molecule has 112 valence electrons. The summed E-state index contributed by atoms with van der Waals surface area (Å²) in [6.45, 7) is 4.97. The van der Waals surface area contributed by atoms with Gasteiger partial charge in [0.1, 0.15) is 5.75 Å². The average molecular weight is 277 g/mol. The Morgan fingerprint density at radius 2 is 2.10 bits per heavy atom. The molecule has 3 nitrogen and oxygen atoms in total. The fraction of sp³-hybridized carbons (Fsp3) is 0.647. The van der Waals surface area contributed by atoms with Crippen LogP contribution >= 0.6 is 0 Å². The predicted molar refractivity (Wildman–Crippen MR) is 82.1 cm³/mol. The molecular formula is C17H27NO2. The molecule has 1 aromatic carbocycles. The van der Waals surface area contributed by atoms with Crippen molar-refractivity contribution in [1.82, 2.24) is 5.32 Å². The lowest BCUT2D eigenvalue weighted by molar-refractivity contribution is 0.0983. The van der Waals surface area contributed by atoms with Crippen LogP contribution in [-0.2, 0) is 6.42 Å². The minimum absolute atomic E-state index is 0.250. The highest BCUT2D eigenvalue weighted by molar-refractivity contribution is 5.40. The first kappa shape index (κ1) is 15.3. The van der Waals surface area contributed by atoms with Crippen molar-refractivity contribution < 1.29 is 9.84 Å². The molecule has 0 saturated heterocycles. The van der Waals surface area contributed by atoms with Gasteiger partial charge in [-0.2, -0.15) is 0 Å². The lowest BCUT2D eigenvalue weighted by atomic mass is 9.96. The molecule has 1 aliphatic rings. The molecule has 2 N–H and O–H groups in total. The summed E-state index contributed by atoms with van der Waals surface area (Å²) in [7, 11) is 1.70. The fourth-order valence-electron chi connectivity index (χ4n) is 3.18. The van der Waals surface area contributed by atoms with Gasteiger partial charge in [-0.15, -0.1) is 0 Å². The maximum absolute atomic E-state index is 10.2. The summed E-state index contributed by atoms with van der Waals surface area (Å²) in [5.74, 6) is 1.31. The van der Waals surface area contributed by atoms with Crippen LogP contribution < -0.4 is 10.1 Å². The van der Waals surface area contributed by atoms with Crippen molar-refractivity contribution in [2.24, 2.45) is 5.92 Å². The van der Waals surface area contributed by atoms with Gasteiger partial charge in [0.15, 0.2) is 0 Å². The van der Waals surface area contributed by atoms with Crippen LogP contribution in [0.15, 0.2) is 18.2 Å². The zero-order valence-electron chi connectivity index (χ0n) is 12.9. The molecule has 2 unspecified atom stereocenters. The van der Waals surface area contributed by atoms with Crippen LogP contribution in [-0.4, -0.2) is 24.9 Å². The number of aryl methyl sites for hydroxylation is 1. The van der Waals surface area contributed by atoms with Crippen molar-refractivity contribution >= 4 is 0 Å². The number of benzene rings is 1. The number of methoxy groups -OCH3 is 1. The first-order valence-corrected chi connectivity index (χ1v) is 7.77. The number of hydrogen-bond acceptors (Lipinski definition) is 3. The molecular weight excluding hydrogens is 250 g/mol. The van der Waals surface area contributed by atoms with Gasteiger partial charge in [0.2, 0.25) is 0 Å². The zero-order valence-corrected chi connectivity index (χ0v) is 12.9. The van der Waals surface area contributed by atoms with E-state index in [-0.39, 0.29) is 6.10 Å². The molecule has 0 saturated carbocycles. The molecule has 0 aliphatic heterocycles. The van der Waals surface area contributed by atoms with Gasteiger partial charge in [-0.25, -0.2) is 0 Å². The normalized spacial score (nSPS) is 19.1. The first-order chi connectivity index (χ1) is 9.69. The second-order valence-corrected chi connectivity index (χ2v) is 5.71. The molecule has 0 heterocycles. The van der Waals surface area contributed by atoms with Crippen LogP contribution in [0.5, 0.6) is 5.75 Å². The van der Waals surface area contributed by atoms with E-state index in [9.17, 15) is 5.11 Å². The number of aliphatic hydroxyl groups excluding tert-OH is 1. The van der Waals surface area contributed by atoms with Gasteiger partial charge in [-0.1, -0.05) is 32.8 Å². The molecule has 1 aromatic rings. The lowest BCUT2D eigenvalue weighted by Crippen LogP contribution is -2.34. The molecule has 0 spiro atoms. The molecule has 3 heteroatoms. The Morgan fingerprint density at radius 3 is 2.75 bits per heavy atom. The zero-order chi connectivity index (χ0) is 14.5. The van der Waals surface area contributed by atoms with Gasteiger partial charge in [-0.3, -0.25) is 0 Å². The average Bonchev–Trinajstić information content (AvgIpc) is 2.88. The molecule has 20 heavy (non-hydrogen) atoms. The predicted octanol–water partition coefficient (Wildman–Crippen LogP) is 3.07. The lowest BCUT2D eigenvalue weighted by Gasteiger charge is -2.23. The van der Waals surface area contributed by atoms with E-state index < -0.39 is 0 Å². The Hall–Kier alpha value is -1.06. The van der Waals surface area contributed by atoms with Crippen molar-refractivity contribution in [1.29, 1.82) is 0 Å². The molecule has 0 aromatic heterocycles. The summed E-state index contributed by atoms with van der Waals surface area (Å²) >= 11 is 0. The van der Waals surface area contributed by atoms with E-state index in [4.69, 9.17) is 4.74 Å². The van der Waals surface area contributed by atoms with Crippen LogP contribution in [0.25, 0.3) is 0 Å². The number of nitrogens with one attached hydrogen (secondary N) is 1. The maximum Gasteiger partial charge on any atom is 0.119 e. The van der Waals surface area contributed by atoms with E-state index >= 15 is 0 Å². The van der Waals surface area contributed by atoms with Crippen molar-refractivity contribution in [3.05, 3.63) is 29.3 Å². The Bertz CT molecular complexity index is 429. The van der Waals surface area contributed by atoms with Crippen LogP contribution in [0.2, 0.25) is 0 Å².